The Hall–Kier alpha value is -0.240. The van der Waals surface area contributed by atoms with Crippen molar-refractivity contribution in [1.82, 2.24) is 0 Å². The first-order valence-electron chi connectivity index (χ1n) is 6.24. The Balaban J connectivity index is 2.48. The largest absolute Gasteiger partial charge is 0.287 e. The number of hydrogen-bond acceptors (Lipinski definition) is 2. The van der Waals surface area contributed by atoms with E-state index < -0.39 is 0 Å². The molecule has 92 valence electrons. The molecule has 0 bridgehead atoms. The van der Waals surface area contributed by atoms with Gasteiger partial charge in [-0.05, 0) is 31.1 Å². The van der Waals surface area contributed by atoms with Gasteiger partial charge in [0.05, 0.1) is 0 Å². The molecule has 0 amide bonds. The highest BCUT2D eigenvalue weighted by Crippen LogP contribution is 2.45. The van der Waals surface area contributed by atoms with Crippen LogP contribution in [0.25, 0.3) is 0 Å². The van der Waals surface area contributed by atoms with Gasteiger partial charge >= 0.3 is 0 Å². The van der Waals surface area contributed by atoms with E-state index in [4.69, 9.17) is 0 Å². The lowest BCUT2D eigenvalue weighted by atomic mass is 9.76. The van der Waals surface area contributed by atoms with Gasteiger partial charge in [0, 0.05) is 11.7 Å². The lowest BCUT2D eigenvalue weighted by molar-refractivity contribution is -0.112. The molecule has 0 spiro atoms. The van der Waals surface area contributed by atoms with Crippen LogP contribution in [0, 0.1) is 11.3 Å². The van der Waals surface area contributed by atoms with Gasteiger partial charge in [0.2, 0.25) is 0 Å². The summed E-state index contributed by atoms with van der Waals surface area (Å²) >= 11 is 1.53. The van der Waals surface area contributed by atoms with Crippen molar-refractivity contribution in [2.75, 3.05) is 0 Å². The second-order valence-electron chi connectivity index (χ2n) is 5.45. The van der Waals surface area contributed by atoms with Gasteiger partial charge in [-0.1, -0.05) is 51.1 Å². The molecule has 2 atom stereocenters. The van der Waals surface area contributed by atoms with Crippen LogP contribution < -0.4 is 0 Å². The smallest absolute Gasteiger partial charge is 0.189 e. The Kier molecular flexibility index (Phi) is 4.66. The molecule has 16 heavy (non-hydrogen) atoms. The number of hydrogen-bond donors (Lipinski definition) is 0. The zero-order valence-electron chi connectivity index (χ0n) is 11.2. The van der Waals surface area contributed by atoms with Gasteiger partial charge in [0.15, 0.2) is 5.12 Å². The van der Waals surface area contributed by atoms with E-state index in [-0.39, 0.29) is 5.41 Å². The third-order valence-electron chi connectivity index (χ3n) is 4.07. The summed E-state index contributed by atoms with van der Waals surface area (Å²) in [5.74, 6) is 0.511. The van der Waals surface area contributed by atoms with Crippen molar-refractivity contribution < 1.29 is 4.79 Å². The lowest BCUT2D eigenvalue weighted by Gasteiger charge is -2.29. The van der Waals surface area contributed by atoms with Gasteiger partial charge in [0.25, 0.3) is 0 Å². The monoisotopic (exact) mass is 240 g/mol. The molecule has 0 heterocycles. The van der Waals surface area contributed by atoms with E-state index in [0.29, 0.717) is 16.3 Å². The van der Waals surface area contributed by atoms with Crippen molar-refractivity contribution in [3.05, 3.63) is 11.6 Å². The quantitative estimate of drug-likeness (QED) is 0.676. The molecule has 1 nitrogen and oxygen atoms in total. The Labute approximate surface area is 104 Å². The maximum atomic E-state index is 11.9. The van der Waals surface area contributed by atoms with Crippen molar-refractivity contribution in [3.8, 4) is 0 Å². The molecule has 1 unspecified atom stereocenters. The van der Waals surface area contributed by atoms with E-state index >= 15 is 0 Å². The third-order valence-corrected chi connectivity index (χ3v) is 5.23. The molecule has 2 heteroatoms. The molecule has 1 aliphatic rings. The van der Waals surface area contributed by atoms with Gasteiger partial charge in [-0.3, -0.25) is 4.79 Å². The SMILES string of the molecule is CCC(C)SC(=O)C[C@@H]1CC=C(C)C1(C)C. The van der Waals surface area contributed by atoms with E-state index in [1.165, 1.54) is 17.3 Å². The first-order chi connectivity index (χ1) is 7.37. The molecule has 0 N–H and O–H groups in total. The number of rotatable bonds is 4. The normalized spacial score (nSPS) is 25.3. The molecule has 1 aliphatic carbocycles. The molecule has 1 rings (SSSR count). The summed E-state index contributed by atoms with van der Waals surface area (Å²) in [5.41, 5.74) is 1.66. The van der Waals surface area contributed by atoms with Crippen LogP contribution in [0.5, 0.6) is 0 Å². The minimum absolute atomic E-state index is 0.214. The summed E-state index contributed by atoms with van der Waals surface area (Å²) in [6.07, 6.45) is 5.18. The highest BCUT2D eigenvalue weighted by molar-refractivity contribution is 8.14. The molecule has 0 aromatic rings. The van der Waals surface area contributed by atoms with E-state index in [9.17, 15) is 4.79 Å². The van der Waals surface area contributed by atoms with Gasteiger partial charge in [-0.25, -0.2) is 0 Å². The minimum atomic E-state index is 0.214. The van der Waals surface area contributed by atoms with Crippen LogP contribution in [0.4, 0.5) is 0 Å². The molecule has 0 aromatic heterocycles. The average Bonchev–Trinajstić information content (AvgIpc) is 2.44. The van der Waals surface area contributed by atoms with Gasteiger partial charge < -0.3 is 0 Å². The number of carbonyl (C=O) groups excluding carboxylic acids is 1. The summed E-state index contributed by atoms with van der Waals surface area (Å²) < 4.78 is 0. The fraction of sp³-hybridized carbons (Fsp3) is 0.786. The van der Waals surface area contributed by atoms with Crippen molar-refractivity contribution >= 4 is 16.9 Å². The Morgan fingerprint density at radius 1 is 1.62 bits per heavy atom. The van der Waals surface area contributed by atoms with Crippen LogP contribution in [-0.4, -0.2) is 10.4 Å². The zero-order valence-corrected chi connectivity index (χ0v) is 12.0. The molecule has 0 saturated heterocycles. The van der Waals surface area contributed by atoms with E-state index in [1.807, 2.05) is 0 Å². The topological polar surface area (TPSA) is 17.1 Å². The van der Waals surface area contributed by atoms with Crippen molar-refractivity contribution in [2.45, 2.75) is 59.1 Å². The number of carbonyl (C=O) groups is 1. The second kappa shape index (κ2) is 5.39. The first-order valence-corrected chi connectivity index (χ1v) is 7.12. The van der Waals surface area contributed by atoms with Crippen molar-refractivity contribution in [1.29, 1.82) is 0 Å². The predicted molar refractivity (Wildman–Crippen MR) is 72.6 cm³/mol. The van der Waals surface area contributed by atoms with Crippen LogP contribution in [0.2, 0.25) is 0 Å². The third kappa shape index (κ3) is 3.13. The summed E-state index contributed by atoms with van der Waals surface area (Å²) in [7, 11) is 0. The summed E-state index contributed by atoms with van der Waals surface area (Å²) in [6, 6.07) is 0. The summed E-state index contributed by atoms with van der Waals surface area (Å²) in [4.78, 5) is 11.9. The van der Waals surface area contributed by atoms with E-state index in [2.05, 4.69) is 40.7 Å². The van der Waals surface area contributed by atoms with Crippen molar-refractivity contribution in [2.24, 2.45) is 11.3 Å². The zero-order chi connectivity index (χ0) is 12.3. The Bertz CT molecular complexity index is 291. The molecule has 0 radical (unpaired) electrons. The molecular formula is C14H24OS. The van der Waals surface area contributed by atoms with Crippen LogP contribution >= 0.6 is 11.8 Å². The highest BCUT2D eigenvalue weighted by atomic mass is 32.2. The fourth-order valence-corrected chi connectivity index (χ4v) is 3.01. The maximum absolute atomic E-state index is 11.9. The molecule has 0 aliphatic heterocycles. The molecule has 0 saturated carbocycles. The first kappa shape index (κ1) is 13.8. The highest BCUT2D eigenvalue weighted by Gasteiger charge is 2.36. The average molecular weight is 240 g/mol. The Morgan fingerprint density at radius 3 is 2.69 bits per heavy atom. The van der Waals surface area contributed by atoms with Crippen LogP contribution in [0.3, 0.4) is 0 Å². The van der Waals surface area contributed by atoms with E-state index in [0.717, 1.165) is 19.3 Å². The van der Waals surface area contributed by atoms with Gasteiger partial charge in [-0.2, -0.15) is 0 Å². The second-order valence-corrected chi connectivity index (χ2v) is 6.95. The van der Waals surface area contributed by atoms with Gasteiger partial charge in [0.1, 0.15) is 0 Å². The number of allylic oxidation sites excluding steroid dienone is 2. The van der Waals surface area contributed by atoms with Crippen LogP contribution in [-0.2, 0) is 4.79 Å². The molecule has 0 aromatic carbocycles. The van der Waals surface area contributed by atoms with Crippen molar-refractivity contribution in [3.63, 3.8) is 0 Å². The lowest BCUT2D eigenvalue weighted by Crippen LogP contribution is -2.22. The fourth-order valence-electron chi connectivity index (χ4n) is 2.09. The Morgan fingerprint density at radius 2 is 2.25 bits per heavy atom. The summed E-state index contributed by atoms with van der Waals surface area (Å²) in [5, 5.41) is 0.835. The summed E-state index contributed by atoms with van der Waals surface area (Å²) in [6.45, 7) is 11.0. The number of thioether (sulfide) groups is 1. The molecule has 0 fully saturated rings. The predicted octanol–water partition coefficient (Wildman–Crippen LogP) is 4.43. The van der Waals surface area contributed by atoms with Crippen LogP contribution in [0.1, 0.15) is 53.9 Å². The minimum Gasteiger partial charge on any atom is -0.287 e. The standard InChI is InChI=1S/C14H24OS/c1-6-11(3)16-13(15)9-12-8-7-10(2)14(12,4)5/h7,11-12H,6,8-9H2,1-5H3/t11?,12-/m0/s1. The molecular weight excluding hydrogens is 216 g/mol. The van der Waals surface area contributed by atoms with Gasteiger partial charge in [-0.15, -0.1) is 0 Å². The van der Waals surface area contributed by atoms with E-state index in [1.54, 1.807) is 0 Å². The maximum Gasteiger partial charge on any atom is 0.189 e. The van der Waals surface area contributed by atoms with Crippen LogP contribution in [0.15, 0.2) is 11.6 Å².